The van der Waals surface area contributed by atoms with E-state index < -0.39 is 11.2 Å². The molecular formula is C16H18N4O3S. The predicted octanol–water partition coefficient (Wildman–Crippen LogP) is 0.864. The second kappa shape index (κ2) is 6.66. The second-order valence-corrected chi connectivity index (χ2v) is 6.59. The molecule has 2 N–H and O–H groups in total. The number of H-pyrrole nitrogens is 1. The first kappa shape index (κ1) is 16.5. The van der Waals surface area contributed by atoms with E-state index in [9.17, 15) is 9.59 Å². The van der Waals surface area contributed by atoms with Crippen molar-refractivity contribution in [1.82, 2.24) is 19.1 Å². The zero-order valence-electron chi connectivity index (χ0n) is 13.4. The topological polar surface area (TPSA) is 92.9 Å². The maximum Gasteiger partial charge on any atom is 0.329 e. The molecule has 2 heterocycles. The molecule has 0 spiro atoms. The number of benzene rings is 1. The molecule has 0 unspecified atom stereocenters. The number of hydrogen-bond donors (Lipinski definition) is 2. The highest BCUT2D eigenvalue weighted by atomic mass is 32.2. The minimum Gasteiger partial charge on any atom is -0.396 e. The minimum atomic E-state index is -0.494. The van der Waals surface area contributed by atoms with Gasteiger partial charge in [-0.2, -0.15) is 0 Å². The van der Waals surface area contributed by atoms with Crippen molar-refractivity contribution in [3.05, 3.63) is 56.2 Å². The van der Waals surface area contributed by atoms with Gasteiger partial charge in [-0.25, -0.2) is 9.78 Å². The Hall–Kier alpha value is -2.32. The van der Waals surface area contributed by atoms with Gasteiger partial charge in [-0.15, -0.1) is 0 Å². The molecule has 0 fully saturated rings. The zero-order valence-corrected chi connectivity index (χ0v) is 14.3. The van der Waals surface area contributed by atoms with Crippen molar-refractivity contribution in [3.63, 3.8) is 0 Å². The highest BCUT2D eigenvalue weighted by Gasteiger charge is 2.17. The van der Waals surface area contributed by atoms with Gasteiger partial charge in [0.05, 0.1) is 13.2 Å². The van der Waals surface area contributed by atoms with Gasteiger partial charge in [0.25, 0.3) is 5.56 Å². The number of nitrogens with one attached hydrogen (secondary N) is 1. The quantitative estimate of drug-likeness (QED) is 0.669. The normalized spacial score (nSPS) is 11.3. The fourth-order valence-corrected chi connectivity index (χ4v) is 3.34. The summed E-state index contributed by atoms with van der Waals surface area (Å²) in [5, 5.41) is 9.70. The maximum atomic E-state index is 12.3. The Morgan fingerprint density at radius 1 is 1.33 bits per heavy atom. The summed E-state index contributed by atoms with van der Waals surface area (Å²) in [5.41, 5.74) is 1.92. The first-order valence-corrected chi connectivity index (χ1v) is 8.48. The lowest BCUT2D eigenvalue weighted by Crippen LogP contribution is -2.29. The highest BCUT2D eigenvalue weighted by molar-refractivity contribution is 7.99. The van der Waals surface area contributed by atoms with E-state index in [4.69, 9.17) is 5.11 Å². The molecule has 0 atom stereocenters. The summed E-state index contributed by atoms with van der Waals surface area (Å²) in [5.74, 6) is 0.461. The minimum absolute atomic E-state index is 0.00754. The van der Waals surface area contributed by atoms with E-state index in [2.05, 4.69) is 9.97 Å². The van der Waals surface area contributed by atoms with Crippen molar-refractivity contribution in [1.29, 1.82) is 0 Å². The van der Waals surface area contributed by atoms with E-state index in [-0.39, 0.29) is 6.61 Å². The highest BCUT2D eigenvalue weighted by Crippen LogP contribution is 2.22. The molecular weight excluding hydrogens is 328 g/mol. The average Bonchev–Trinajstić information content (AvgIpc) is 2.90. The molecule has 7 nitrogen and oxygen atoms in total. The Labute approximate surface area is 142 Å². The van der Waals surface area contributed by atoms with E-state index in [1.54, 1.807) is 11.6 Å². The van der Waals surface area contributed by atoms with E-state index in [0.29, 0.717) is 28.6 Å². The Kier molecular flexibility index (Phi) is 4.59. The smallest absolute Gasteiger partial charge is 0.329 e. The van der Waals surface area contributed by atoms with E-state index in [1.165, 1.54) is 16.3 Å². The van der Waals surface area contributed by atoms with Crippen LogP contribution < -0.4 is 11.2 Å². The summed E-state index contributed by atoms with van der Waals surface area (Å²) in [6.07, 6.45) is 0. The monoisotopic (exact) mass is 346 g/mol. The van der Waals surface area contributed by atoms with Gasteiger partial charge in [-0.3, -0.25) is 14.3 Å². The number of imidazole rings is 1. The Balaban J connectivity index is 2.21. The molecule has 3 rings (SSSR count). The summed E-state index contributed by atoms with van der Waals surface area (Å²) >= 11 is 1.35. The molecule has 0 saturated heterocycles. The summed E-state index contributed by atoms with van der Waals surface area (Å²) in [7, 11) is 1.57. The molecule has 1 aromatic carbocycles. The number of aromatic nitrogens is 4. The third kappa shape index (κ3) is 3.02. The largest absolute Gasteiger partial charge is 0.396 e. The van der Waals surface area contributed by atoms with Gasteiger partial charge in [0, 0.05) is 12.8 Å². The molecule has 0 aliphatic heterocycles. The van der Waals surface area contributed by atoms with Crippen LogP contribution in [0.5, 0.6) is 0 Å². The van der Waals surface area contributed by atoms with Crippen LogP contribution >= 0.6 is 11.8 Å². The van der Waals surface area contributed by atoms with Crippen molar-refractivity contribution in [2.24, 2.45) is 7.05 Å². The van der Waals surface area contributed by atoms with Gasteiger partial charge >= 0.3 is 5.69 Å². The molecule has 0 saturated carbocycles. The predicted molar refractivity (Wildman–Crippen MR) is 93.7 cm³/mol. The summed E-state index contributed by atoms with van der Waals surface area (Å²) in [4.78, 5) is 30.9. The van der Waals surface area contributed by atoms with Crippen LogP contribution in [0, 0.1) is 6.92 Å². The van der Waals surface area contributed by atoms with Gasteiger partial charge < -0.3 is 9.67 Å². The maximum absolute atomic E-state index is 12.3. The van der Waals surface area contributed by atoms with Crippen molar-refractivity contribution in [2.75, 3.05) is 12.4 Å². The third-order valence-electron chi connectivity index (χ3n) is 3.72. The number of aliphatic hydroxyl groups excluding tert-OH is 1. The fourth-order valence-electron chi connectivity index (χ4n) is 2.60. The number of fused-ring (bicyclic) bond motifs is 1. The van der Waals surface area contributed by atoms with Crippen molar-refractivity contribution in [2.45, 2.75) is 18.6 Å². The zero-order chi connectivity index (χ0) is 17.3. The van der Waals surface area contributed by atoms with Crippen molar-refractivity contribution in [3.8, 4) is 0 Å². The molecule has 2 aromatic heterocycles. The summed E-state index contributed by atoms with van der Waals surface area (Å²) < 4.78 is 3.12. The van der Waals surface area contributed by atoms with Crippen LogP contribution in [-0.4, -0.2) is 36.6 Å². The van der Waals surface area contributed by atoms with Crippen LogP contribution in [0.25, 0.3) is 11.2 Å². The van der Waals surface area contributed by atoms with Gasteiger partial charge in [0.2, 0.25) is 0 Å². The van der Waals surface area contributed by atoms with Gasteiger partial charge in [0.1, 0.15) is 0 Å². The molecule has 0 aliphatic carbocycles. The number of aryl methyl sites for hydroxylation is 2. The van der Waals surface area contributed by atoms with E-state index in [1.807, 2.05) is 31.2 Å². The lowest BCUT2D eigenvalue weighted by molar-refractivity contribution is 0.322. The molecule has 126 valence electrons. The molecule has 0 bridgehead atoms. The molecule has 8 heteroatoms. The molecule has 0 radical (unpaired) electrons. The van der Waals surface area contributed by atoms with Crippen LogP contribution in [-0.2, 0) is 13.6 Å². The first-order chi connectivity index (χ1) is 11.5. The molecule has 24 heavy (non-hydrogen) atoms. The molecule has 0 amide bonds. The van der Waals surface area contributed by atoms with Crippen molar-refractivity contribution < 1.29 is 5.11 Å². The first-order valence-electron chi connectivity index (χ1n) is 7.50. The number of hydrogen-bond acceptors (Lipinski definition) is 5. The van der Waals surface area contributed by atoms with Crippen molar-refractivity contribution >= 4 is 22.9 Å². The van der Waals surface area contributed by atoms with Crippen LogP contribution in [0.1, 0.15) is 11.1 Å². The second-order valence-electron chi connectivity index (χ2n) is 5.53. The summed E-state index contributed by atoms with van der Waals surface area (Å²) in [6.45, 7) is 2.48. The Morgan fingerprint density at radius 2 is 2.12 bits per heavy atom. The van der Waals surface area contributed by atoms with Gasteiger partial charge in [-0.1, -0.05) is 41.6 Å². The molecule has 0 aliphatic rings. The third-order valence-corrected chi connectivity index (χ3v) is 4.67. The summed E-state index contributed by atoms with van der Waals surface area (Å²) in [6, 6.07) is 8.00. The van der Waals surface area contributed by atoms with E-state index in [0.717, 1.165) is 11.1 Å². The van der Waals surface area contributed by atoms with Gasteiger partial charge in [-0.05, 0) is 12.5 Å². The Bertz CT molecular complexity index is 1000. The van der Waals surface area contributed by atoms with Crippen LogP contribution in [0.2, 0.25) is 0 Å². The fraction of sp³-hybridized carbons (Fsp3) is 0.312. The SMILES string of the molecule is Cc1cccc(Cn2c(SCCO)nc3c2c(=O)[nH]c(=O)n3C)c1. The van der Waals surface area contributed by atoms with Crippen LogP contribution in [0.4, 0.5) is 0 Å². The number of aromatic amines is 1. The number of nitrogens with zero attached hydrogens (tertiary/aromatic N) is 3. The van der Waals surface area contributed by atoms with E-state index >= 15 is 0 Å². The average molecular weight is 346 g/mol. The number of aliphatic hydroxyl groups is 1. The van der Waals surface area contributed by atoms with Gasteiger partial charge in [0.15, 0.2) is 16.3 Å². The number of rotatable bonds is 5. The van der Waals surface area contributed by atoms with Crippen LogP contribution in [0.15, 0.2) is 39.0 Å². The lowest BCUT2D eigenvalue weighted by atomic mass is 10.1. The Morgan fingerprint density at radius 3 is 2.83 bits per heavy atom. The number of thioether (sulfide) groups is 1. The standard InChI is InChI=1S/C16H18N4O3S/c1-10-4-3-5-11(8-10)9-20-12-13(17-16(20)24-7-6-21)19(2)15(23)18-14(12)22/h3-5,8,21H,6-7,9H2,1-2H3,(H,18,22,23). The molecule has 3 aromatic rings. The lowest BCUT2D eigenvalue weighted by Gasteiger charge is -2.09. The van der Waals surface area contributed by atoms with Crippen LogP contribution in [0.3, 0.4) is 0 Å².